The summed E-state index contributed by atoms with van der Waals surface area (Å²) in [5.74, 6) is 0. The summed E-state index contributed by atoms with van der Waals surface area (Å²) in [6.45, 7) is -0.0117. The second kappa shape index (κ2) is 6.82. The number of hydrogen-bond donors (Lipinski definition) is 2. The quantitative estimate of drug-likeness (QED) is 0.776. The molecule has 0 radical (unpaired) electrons. The van der Waals surface area contributed by atoms with Crippen LogP contribution in [-0.4, -0.2) is 16.7 Å². The maximum Gasteiger partial charge on any atom is 0.0794 e. The van der Waals surface area contributed by atoms with E-state index in [1.54, 1.807) is 11.7 Å². The van der Waals surface area contributed by atoms with Crippen molar-refractivity contribution in [3.05, 3.63) is 16.6 Å². The maximum absolute atomic E-state index is 8.56. The zero-order chi connectivity index (χ0) is 6.69. The molecule has 0 spiro atoms. The molecule has 1 rings (SSSR count). The van der Waals surface area contributed by atoms with E-state index in [1.807, 2.05) is 0 Å². The fourth-order valence-corrected chi connectivity index (χ4v) is 1.11. The molecule has 66 valence electrons. The third-order valence-electron chi connectivity index (χ3n) is 1.01. The van der Waals surface area contributed by atoms with Crippen LogP contribution in [0.3, 0.4) is 0 Å². The highest BCUT2D eigenvalue weighted by atomic mass is 35.5. The van der Waals surface area contributed by atoms with Crippen LogP contribution in [0.15, 0.2) is 11.7 Å². The molecule has 0 saturated heterocycles. The summed E-state index contributed by atoms with van der Waals surface area (Å²) < 4.78 is 0. The Morgan fingerprint density at radius 1 is 1.64 bits per heavy atom. The second-order valence-electron chi connectivity index (χ2n) is 1.69. The van der Waals surface area contributed by atoms with Gasteiger partial charge in [0.1, 0.15) is 0 Å². The highest BCUT2D eigenvalue weighted by Gasteiger charge is 2.03. The summed E-state index contributed by atoms with van der Waals surface area (Å²) in [5, 5.41) is 8.56. The van der Waals surface area contributed by atoms with Crippen molar-refractivity contribution in [2.45, 2.75) is 6.04 Å². The van der Waals surface area contributed by atoms with Gasteiger partial charge >= 0.3 is 0 Å². The summed E-state index contributed by atoms with van der Waals surface area (Å²) in [5.41, 5.74) is 7.16. The van der Waals surface area contributed by atoms with Gasteiger partial charge in [-0.1, -0.05) is 0 Å². The number of halogens is 2. The van der Waals surface area contributed by atoms with Gasteiger partial charge in [-0.3, -0.25) is 4.98 Å². The van der Waals surface area contributed by atoms with Crippen LogP contribution in [0.1, 0.15) is 10.9 Å². The topological polar surface area (TPSA) is 59.1 Å². The standard InChI is InChI=1S/C5H8N2OS.2ClH/c6-4(2-8)5-1-7-3-9-5;;/h1,3-4,8H,2,6H2;2*1H. The van der Waals surface area contributed by atoms with Crippen LogP contribution in [0.25, 0.3) is 0 Å². The largest absolute Gasteiger partial charge is 0.394 e. The van der Waals surface area contributed by atoms with Gasteiger partial charge in [-0.15, -0.1) is 36.2 Å². The predicted octanol–water partition coefficient (Wildman–Crippen LogP) is 0.979. The number of aliphatic hydroxyl groups excluding tert-OH is 1. The number of nitrogens with two attached hydrogens (primary N) is 1. The Balaban J connectivity index is 0. The van der Waals surface area contributed by atoms with Gasteiger partial charge in [0.15, 0.2) is 0 Å². The fourth-order valence-electron chi connectivity index (χ4n) is 0.499. The van der Waals surface area contributed by atoms with E-state index in [9.17, 15) is 0 Å². The van der Waals surface area contributed by atoms with E-state index in [0.717, 1.165) is 4.88 Å². The van der Waals surface area contributed by atoms with E-state index >= 15 is 0 Å². The lowest BCUT2D eigenvalue weighted by Gasteiger charge is -2.00. The molecule has 0 bridgehead atoms. The van der Waals surface area contributed by atoms with E-state index in [4.69, 9.17) is 10.8 Å². The fraction of sp³-hybridized carbons (Fsp3) is 0.400. The van der Waals surface area contributed by atoms with Gasteiger partial charge in [-0.2, -0.15) is 0 Å². The monoisotopic (exact) mass is 216 g/mol. The first-order valence-corrected chi connectivity index (χ1v) is 3.47. The Morgan fingerprint density at radius 3 is 2.64 bits per heavy atom. The molecular formula is C5H10Cl2N2OS. The summed E-state index contributed by atoms with van der Waals surface area (Å²) >= 11 is 1.46. The van der Waals surface area contributed by atoms with Crippen LogP contribution < -0.4 is 5.73 Å². The predicted molar refractivity (Wildman–Crippen MR) is 50.6 cm³/mol. The Morgan fingerprint density at radius 2 is 2.27 bits per heavy atom. The number of nitrogens with zero attached hydrogens (tertiary/aromatic N) is 1. The molecule has 0 aromatic carbocycles. The Kier molecular flexibility index (Phi) is 8.49. The molecule has 1 atom stereocenters. The third-order valence-corrected chi connectivity index (χ3v) is 1.92. The van der Waals surface area contributed by atoms with Crippen LogP contribution in [0.2, 0.25) is 0 Å². The molecule has 0 aliphatic carbocycles. The van der Waals surface area contributed by atoms with Gasteiger partial charge in [-0.25, -0.2) is 0 Å². The van der Waals surface area contributed by atoms with Crippen molar-refractivity contribution in [2.75, 3.05) is 6.61 Å². The van der Waals surface area contributed by atoms with Crippen molar-refractivity contribution in [1.29, 1.82) is 0 Å². The third kappa shape index (κ3) is 3.88. The van der Waals surface area contributed by atoms with Gasteiger partial charge in [0.25, 0.3) is 0 Å². The summed E-state index contributed by atoms with van der Waals surface area (Å²) in [6, 6.07) is -0.252. The smallest absolute Gasteiger partial charge is 0.0794 e. The zero-order valence-corrected chi connectivity index (χ0v) is 8.09. The van der Waals surface area contributed by atoms with Crippen LogP contribution in [0.4, 0.5) is 0 Å². The first-order valence-electron chi connectivity index (χ1n) is 2.59. The zero-order valence-electron chi connectivity index (χ0n) is 5.64. The van der Waals surface area contributed by atoms with E-state index in [2.05, 4.69) is 4.98 Å². The minimum absolute atomic E-state index is 0. The van der Waals surface area contributed by atoms with Gasteiger partial charge in [0, 0.05) is 11.1 Å². The molecule has 3 nitrogen and oxygen atoms in total. The number of aliphatic hydroxyl groups is 1. The minimum Gasteiger partial charge on any atom is -0.394 e. The molecular weight excluding hydrogens is 207 g/mol. The molecule has 6 heteroatoms. The maximum atomic E-state index is 8.56. The molecule has 1 aromatic rings. The van der Waals surface area contributed by atoms with Crippen LogP contribution >= 0.6 is 36.2 Å². The van der Waals surface area contributed by atoms with Gasteiger partial charge in [0.2, 0.25) is 0 Å². The lowest BCUT2D eigenvalue weighted by Crippen LogP contribution is -2.12. The summed E-state index contributed by atoms with van der Waals surface area (Å²) in [7, 11) is 0. The van der Waals surface area contributed by atoms with E-state index in [1.165, 1.54) is 11.3 Å². The van der Waals surface area contributed by atoms with Crippen molar-refractivity contribution in [1.82, 2.24) is 4.98 Å². The molecule has 0 aliphatic heterocycles. The van der Waals surface area contributed by atoms with Crippen LogP contribution in [0.5, 0.6) is 0 Å². The number of rotatable bonds is 2. The van der Waals surface area contributed by atoms with Gasteiger partial charge < -0.3 is 10.8 Å². The van der Waals surface area contributed by atoms with E-state index in [-0.39, 0.29) is 37.5 Å². The molecule has 1 heterocycles. The lowest BCUT2D eigenvalue weighted by atomic mass is 10.3. The van der Waals surface area contributed by atoms with Crippen LogP contribution in [0, 0.1) is 0 Å². The Hall–Kier alpha value is 0.130. The lowest BCUT2D eigenvalue weighted by molar-refractivity contribution is 0.269. The molecule has 1 aromatic heterocycles. The number of hydrogen-bond acceptors (Lipinski definition) is 4. The second-order valence-corrected chi connectivity index (χ2v) is 2.61. The first kappa shape index (κ1) is 13.7. The minimum atomic E-state index is -0.252. The molecule has 0 aliphatic rings. The average molecular weight is 217 g/mol. The Labute approximate surface area is 81.5 Å². The first-order chi connectivity index (χ1) is 4.34. The van der Waals surface area contributed by atoms with Gasteiger partial charge in [-0.05, 0) is 0 Å². The summed E-state index contributed by atoms with van der Waals surface area (Å²) in [6.07, 6.45) is 1.67. The normalized spacial score (nSPS) is 11.1. The molecule has 1 unspecified atom stereocenters. The van der Waals surface area contributed by atoms with Crippen molar-refractivity contribution in [2.24, 2.45) is 5.73 Å². The molecule has 0 saturated carbocycles. The molecule has 3 N–H and O–H groups in total. The van der Waals surface area contributed by atoms with Crippen molar-refractivity contribution >= 4 is 36.2 Å². The molecule has 0 amide bonds. The van der Waals surface area contributed by atoms with Gasteiger partial charge in [0.05, 0.1) is 18.2 Å². The highest BCUT2D eigenvalue weighted by Crippen LogP contribution is 2.12. The average Bonchev–Trinajstić information content (AvgIpc) is 2.37. The number of aromatic nitrogens is 1. The Bertz CT molecular complexity index is 171. The van der Waals surface area contributed by atoms with Crippen LogP contribution in [-0.2, 0) is 0 Å². The highest BCUT2D eigenvalue weighted by molar-refractivity contribution is 7.09. The SMILES string of the molecule is Cl.Cl.NC(CO)c1cncs1. The van der Waals surface area contributed by atoms with Crippen molar-refractivity contribution < 1.29 is 5.11 Å². The summed E-state index contributed by atoms with van der Waals surface area (Å²) in [4.78, 5) is 4.75. The van der Waals surface area contributed by atoms with Crippen molar-refractivity contribution in [3.8, 4) is 0 Å². The number of thiazole rings is 1. The molecule has 11 heavy (non-hydrogen) atoms. The molecule has 0 fully saturated rings. The van der Waals surface area contributed by atoms with E-state index < -0.39 is 0 Å². The van der Waals surface area contributed by atoms with Crippen molar-refractivity contribution in [3.63, 3.8) is 0 Å². The van der Waals surface area contributed by atoms with E-state index in [0.29, 0.717) is 0 Å².